The largest absolute Gasteiger partial charge is 0.507 e. The van der Waals surface area contributed by atoms with Gasteiger partial charge in [0.25, 0.3) is 12.3 Å². The molecule has 0 radical (unpaired) electrons. The van der Waals surface area contributed by atoms with Gasteiger partial charge in [0.15, 0.2) is 0 Å². The number of ether oxygens (including phenoxy) is 1. The molecule has 1 amide bonds. The Morgan fingerprint density at radius 2 is 1.82 bits per heavy atom. The zero-order valence-electron chi connectivity index (χ0n) is 19.3. The SMILES string of the molecule is CN(C)Cc1ccc2c(c1)CCN(C(=O)c1c(O)cc(C(F)F)cc1OCc1ccccc1)C2. The number of aromatic hydroxyl groups is 1. The van der Waals surface area contributed by atoms with Gasteiger partial charge < -0.3 is 19.6 Å². The van der Waals surface area contributed by atoms with Gasteiger partial charge in [0.1, 0.15) is 23.7 Å². The average molecular weight is 467 g/mol. The number of rotatable bonds is 7. The number of benzene rings is 3. The zero-order chi connectivity index (χ0) is 24.2. The topological polar surface area (TPSA) is 53.0 Å². The first-order chi connectivity index (χ1) is 16.3. The van der Waals surface area contributed by atoms with Crippen molar-refractivity contribution in [3.05, 3.63) is 94.0 Å². The van der Waals surface area contributed by atoms with Gasteiger partial charge >= 0.3 is 0 Å². The van der Waals surface area contributed by atoms with Gasteiger partial charge in [0.2, 0.25) is 0 Å². The van der Waals surface area contributed by atoms with Crippen molar-refractivity contribution >= 4 is 5.91 Å². The van der Waals surface area contributed by atoms with Crippen LogP contribution >= 0.6 is 0 Å². The van der Waals surface area contributed by atoms with Gasteiger partial charge in [-0.3, -0.25) is 4.79 Å². The van der Waals surface area contributed by atoms with Crippen molar-refractivity contribution in [2.45, 2.75) is 32.5 Å². The van der Waals surface area contributed by atoms with Gasteiger partial charge in [0.05, 0.1) is 0 Å². The standard InChI is InChI=1S/C27H28F2N2O3/c1-30(2)15-19-8-9-21-16-31(11-10-20(21)12-19)27(33)25-23(32)13-22(26(28)29)14-24(25)34-17-18-6-4-3-5-7-18/h3-9,12-14,26,32H,10-11,15-17H2,1-2H3. The van der Waals surface area contributed by atoms with Crippen LogP contribution in [0.3, 0.4) is 0 Å². The van der Waals surface area contributed by atoms with Crippen LogP contribution in [0.25, 0.3) is 0 Å². The van der Waals surface area contributed by atoms with Crippen LogP contribution in [0.1, 0.15) is 44.6 Å². The molecule has 1 aliphatic rings. The fraction of sp³-hybridized carbons (Fsp3) is 0.296. The second-order valence-corrected chi connectivity index (χ2v) is 8.81. The number of hydrogen-bond donors (Lipinski definition) is 1. The molecule has 0 aliphatic carbocycles. The lowest BCUT2D eigenvalue weighted by Gasteiger charge is -2.30. The minimum Gasteiger partial charge on any atom is -0.507 e. The van der Waals surface area contributed by atoms with Gasteiger partial charge in [-0.15, -0.1) is 0 Å². The molecule has 0 saturated heterocycles. The quantitative estimate of drug-likeness (QED) is 0.522. The summed E-state index contributed by atoms with van der Waals surface area (Å²) in [6.07, 6.45) is -2.12. The van der Waals surface area contributed by atoms with Crippen LogP contribution in [-0.2, 0) is 26.1 Å². The Bertz CT molecular complexity index is 1170. The number of carbonyl (C=O) groups excluding carboxylic acids is 1. The average Bonchev–Trinajstić information content (AvgIpc) is 2.82. The number of phenols is 1. The van der Waals surface area contributed by atoms with Crippen molar-refractivity contribution in [1.29, 1.82) is 0 Å². The van der Waals surface area contributed by atoms with E-state index in [2.05, 4.69) is 17.0 Å². The summed E-state index contributed by atoms with van der Waals surface area (Å²) in [6.45, 7) is 1.77. The van der Waals surface area contributed by atoms with Crippen molar-refractivity contribution in [2.75, 3.05) is 20.6 Å². The summed E-state index contributed by atoms with van der Waals surface area (Å²) in [5.74, 6) is -0.987. The third-order valence-corrected chi connectivity index (χ3v) is 5.88. The van der Waals surface area contributed by atoms with Crippen molar-refractivity contribution < 1.29 is 23.4 Å². The van der Waals surface area contributed by atoms with Crippen LogP contribution in [0.2, 0.25) is 0 Å². The normalized spacial score (nSPS) is 13.3. The highest BCUT2D eigenvalue weighted by molar-refractivity contribution is 6.00. The van der Waals surface area contributed by atoms with Crippen LogP contribution in [0.4, 0.5) is 8.78 Å². The smallest absolute Gasteiger partial charge is 0.264 e. The van der Waals surface area contributed by atoms with E-state index < -0.39 is 23.6 Å². The highest BCUT2D eigenvalue weighted by Crippen LogP contribution is 2.36. The van der Waals surface area contributed by atoms with E-state index in [1.807, 2.05) is 50.5 Å². The fourth-order valence-electron chi connectivity index (χ4n) is 4.21. The van der Waals surface area contributed by atoms with E-state index in [9.17, 15) is 18.7 Å². The Morgan fingerprint density at radius 3 is 2.53 bits per heavy atom. The Kier molecular flexibility index (Phi) is 7.12. The molecule has 3 aromatic carbocycles. The number of carbonyl (C=O) groups is 1. The Labute approximate surface area is 198 Å². The predicted octanol–water partition coefficient (Wildman–Crippen LogP) is 5.17. The number of nitrogens with zero attached hydrogens (tertiary/aromatic N) is 2. The number of amides is 1. The Balaban J connectivity index is 1.59. The lowest BCUT2D eigenvalue weighted by atomic mass is 9.96. The molecule has 0 fully saturated rings. The molecule has 34 heavy (non-hydrogen) atoms. The molecule has 0 saturated carbocycles. The summed E-state index contributed by atoms with van der Waals surface area (Å²) in [6, 6.07) is 17.6. The molecule has 1 aliphatic heterocycles. The number of hydrogen-bond acceptors (Lipinski definition) is 4. The van der Waals surface area contributed by atoms with Gasteiger partial charge in [-0.25, -0.2) is 8.78 Å². The number of halogens is 2. The molecular weight excluding hydrogens is 438 g/mol. The summed E-state index contributed by atoms with van der Waals surface area (Å²) < 4.78 is 32.6. The van der Waals surface area contributed by atoms with Crippen molar-refractivity contribution in [2.24, 2.45) is 0 Å². The number of fused-ring (bicyclic) bond motifs is 1. The monoisotopic (exact) mass is 466 g/mol. The highest BCUT2D eigenvalue weighted by atomic mass is 19.3. The van der Waals surface area contributed by atoms with Gasteiger partial charge in [-0.05, 0) is 54.9 Å². The molecule has 4 rings (SSSR count). The first-order valence-corrected chi connectivity index (χ1v) is 11.2. The molecule has 1 N–H and O–H groups in total. The van der Waals surface area contributed by atoms with Crippen molar-refractivity contribution in [3.63, 3.8) is 0 Å². The summed E-state index contributed by atoms with van der Waals surface area (Å²) in [5, 5.41) is 10.6. The second-order valence-electron chi connectivity index (χ2n) is 8.81. The van der Waals surface area contributed by atoms with Gasteiger partial charge in [-0.1, -0.05) is 48.5 Å². The molecule has 0 spiro atoms. The zero-order valence-corrected chi connectivity index (χ0v) is 19.3. The first kappa shape index (κ1) is 23.7. The van der Waals surface area contributed by atoms with E-state index in [-0.39, 0.29) is 17.9 Å². The highest BCUT2D eigenvalue weighted by Gasteiger charge is 2.28. The molecule has 1 heterocycles. The second kappa shape index (κ2) is 10.2. The summed E-state index contributed by atoms with van der Waals surface area (Å²) in [4.78, 5) is 17.2. The molecule has 7 heteroatoms. The summed E-state index contributed by atoms with van der Waals surface area (Å²) >= 11 is 0. The van der Waals surface area contributed by atoms with Crippen molar-refractivity contribution in [3.8, 4) is 11.5 Å². The molecule has 5 nitrogen and oxygen atoms in total. The van der Waals surface area contributed by atoms with E-state index in [0.29, 0.717) is 19.5 Å². The Hall–Kier alpha value is -3.45. The van der Waals surface area contributed by atoms with E-state index in [1.54, 1.807) is 4.90 Å². The molecule has 0 atom stereocenters. The number of alkyl halides is 2. The van der Waals surface area contributed by atoms with E-state index >= 15 is 0 Å². The lowest BCUT2D eigenvalue weighted by molar-refractivity contribution is 0.0725. The maximum absolute atomic E-state index is 13.4. The van der Waals surface area contributed by atoms with Gasteiger partial charge in [0, 0.05) is 25.2 Å². The lowest BCUT2D eigenvalue weighted by Crippen LogP contribution is -2.36. The Morgan fingerprint density at radius 1 is 1.06 bits per heavy atom. The molecule has 0 aromatic heterocycles. The predicted molar refractivity (Wildman–Crippen MR) is 126 cm³/mol. The molecular formula is C27H28F2N2O3. The molecule has 0 unspecified atom stereocenters. The maximum Gasteiger partial charge on any atom is 0.264 e. The van der Waals surface area contributed by atoms with Gasteiger partial charge in [-0.2, -0.15) is 0 Å². The minimum atomic E-state index is -2.80. The third-order valence-electron chi connectivity index (χ3n) is 5.88. The van der Waals surface area contributed by atoms with Crippen molar-refractivity contribution in [1.82, 2.24) is 9.80 Å². The summed E-state index contributed by atoms with van der Waals surface area (Å²) in [5.41, 5.74) is 3.78. The maximum atomic E-state index is 13.4. The van der Waals surface area contributed by atoms with Crippen LogP contribution < -0.4 is 4.74 Å². The van der Waals surface area contributed by atoms with Crippen LogP contribution in [0.5, 0.6) is 11.5 Å². The van der Waals surface area contributed by atoms with Crippen LogP contribution in [0, 0.1) is 0 Å². The van der Waals surface area contributed by atoms with Crippen LogP contribution in [-0.4, -0.2) is 41.5 Å². The third kappa shape index (κ3) is 5.37. The number of phenolic OH excluding ortho intramolecular Hbond substituents is 1. The summed E-state index contributed by atoms with van der Waals surface area (Å²) in [7, 11) is 4.03. The minimum absolute atomic E-state index is 0.0451. The van der Waals surface area contributed by atoms with E-state index in [1.165, 1.54) is 11.1 Å². The fourth-order valence-corrected chi connectivity index (χ4v) is 4.21. The van der Waals surface area contributed by atoms with E-state index in [4.69, 9.17) is 4.74 Å². The first-order valence-electron chi connectivity index (χ1n) is 11.2. The molecule has 178 valence electrons. The molecule has 3 aromatic rings. The molecule has 0 bridgehead atoms. The van der Waals surface area contributed by atoms with E-state index in [0.717, 1.165) is 29.8 Å². The van der Waals surface area contributed by atoms with Crippen LogP contribution in [0.15, 0.2) is 60.7 Å².